The number of halogens is 3. The molecule has 0 spiro atoms. The standard InChI is InChI=1S/C11H9F3N4/c1-6-5-16-3-2-7(6)8-4-9(11(12,13)14)18-10(15)17-8/h2-5H,1H3,(H2,15,17,18). The molecule has 4 nitrogen and oxygen atoms in total. The predicted octanol–water partition coefficient (Wildman–Crippen LogP) is 2.45. The SMILES string of the molecule is Cc1cnccc1-c1cc(C(F)(F)F)nc(N)n1. The molecule has 0 atom stereocenters. The van der Waals surface area contributed by atoms with Crippen LogP contribution >= 0.6 is 0 Å². The van der Waals surface area contributed by atoms with Gasteiger partial charge in [0.1, 0.15) is 0 Å². The normalized spacial score (nSPS) is 11.6. The van der Waals surface area contributed by atoms with Crippen molar-refractivity contribution in [3.63, 3.8) is 0 Å². The second-order valence-electron chi connectivity index (χ2n) is 3.68. The number of aryl methyl sites for hydroxylation is 1. The van der Waals surface area contributed by atoms with Gasteiger partial charge in [0.2, 0.25) is 5.95 Å². The lowest BCUT2D eigenvalue weighted by molar-refractivity contribution is -0.141. The molecular weight excluding hydrogens is 245 g/mol. The summed E-state index contributed by atoms with van der Waals surface area (Å²) < 4.78 is 37.8. The maximum absolute atomic E-state index is 12.6. The number of hydrogen-bond donors (Lipinski definition) is 1. The molecule has 2 aromatic rings. The third-order valence-corrected chi connectivity index (χ3v) is 2.33. The smallest absolute Gasteiger partial charge is 0.368 e. The molecule has 7 heteroatoms. The van der Waals surface area contributed by atoms with E-state index in [1.165, 1.54) is 6.20 Å². The van der Waals surface area contributed by atoms with Gasteiger partial charge in [-0.25, -0.2) is 9.97 Å². The fourth-order valence-electron chi connectivity index (χ4n) is 1.51. The Hall–Kier alpha value is -2.18. The van der Waals surface area contributed by atoms with E-state index in [4.69, 9.17) is 5.73 Å². The molecule has 2 rings (SSSR count). The number of anilines is 1. The Balaban J connectivity index is 2.60. The first-order chi connectivity index (χ1) is 8.38. The minimum atomic E-state index is -4.55. The number of rotatable bonds is 1. The molecule has 94 valence electrons. The Morgan fingerprint density at radius 3 is 2.56 bits per heavy atom. The number of alkyl halides is 3. The molecule has 0 unspecified atom stereocenters. The van der Waals surface area contributed by atoms with Gasteiger partial charge in [0.25, 0.3) is 0 Å². The minimum Gasteiger partial charge on any atom is -0.368 e. The summed E-state index contributed by atoms with van der Waals surface area (Å²) in [5.74, 6) is -0.406. The van der Waals surface area contributed by atoms with E-state index in [2.05, 4.69) is 15.0 Å². The topological polar surface area (TPSA) is 64.7 Å². The van der Waals surface area contributed by atoms with Gasteiger partial charge in [0, 0.05) is 18.0 Å². The fourth-order valence-corrected chi connectivity index (χ4v) is 1.51. The van der Waals surface area contributed by atoms with Crippen molar-refractivity contribution in [2.75, 3.05) is 5.73 Å². The Morgan fingerprint density at radius 1 is 1.22 bits per heavy atom. The third-order valence-electron chi connectivity index (χ3n) is 2.33. The van der Waals surface area contributed by atoms with Crippen LogP contribution in [0, 0.1) is 6.92 Å². The average molecular weight is 254 g/mol. The van der Waals surface area contributed by atoms with Crippen LogP contribution in [0.15, 0.2) is 24.5 Å². The summed E-state index contributed by atoms with van der Waals surface area (Å²) in [7, 11) is 0. The van der Waals surface area contributed by atoms with E-state index in [-0.39, 0.29) is 5.69 Å². The molecular formula is C11H9F3N4. The maximum Gasteiger partial charge on any atom is 0.433 e. The molecule has 0 bridgehead atoms. The van der Waals surface area contributed by atoms with Gasteiger partial charge < -0.3 is 5.73 Å². The van der Waals surface area contributed by atoms with E-state index in [0.717, 1.165) is 6.07 Å². The zero-order chi connectivity index (χ0) is 13.3. The van der Waals surface area contributed by atoms with Crippen molar-refractivity contribution in [1.82, 2.24) is 15.0 Å². The van der Waals surface area contributed by atoms with E-state index in [9.17, 15) is 13.2 Å². The van der Waals surface area contributed by atoms with Crippen LogP contribution in [-0.2, 0) is 6.18 Å². The predicted molar refractivity (Wildman–Crippen MR) is 59.4 cm³/mol. The summed E-state index contributed by atoms with van der Waals surface area (Å²) in [6, 6.07) is 2.45. The molecule has 0 aromatic carbocycles. The highest BCUT2D eigenvalue weighted by Gasteiger charge is 2.33. The second-order valence-corrected chi connectivity index (χ2v) is 3.68. The first-order valence-electron chi connectivity index (χ1n) is 5.00. The summed E-state index contributed by atoms with van der Waals surface area (Å²) in [4.78, 5) is 10.9. The van der Waals surface area contributed by atoms with Gasteiger partial charge in [-0.05, 0) is 24.6 Å². The second kappa shape index (κ2) is 4.25. The lowest BCUT2D eigenvalue weighted by Crippen LogP contribution is -2.11. The Morgan fingerprint density at radius 2 is 1.94 bits per heavy atom. The van der Waals surface area contributed by atoms with Crippen LogP contribution in [-0.4, -0.2) is 15.0 Å². The van der Waals surface area contributed by atoms with E-state index in [1.54, 1.807) is 19.2 Å². The molecule has 2 heterocycles. The largest absolute Gasteiger partial charge is 0.433 e. The molecule has 0 radical (unpaired) electrons. The van der Waals surface area contributed by atoms with Crippen molar-refractivity contribution in [1.29, 1.82) is 0 Å². The summed E-state index contributed by atoms with van der Waals surface area (Å²) in [6.07, 6.45) is -1.53. The number of aromatic nitrogens is 3. The van der Waals surface area contributed by atoms with E-state index in [1.807, 2.05) is 0 Å². The van der Waals surface area contributed by atoms with Crippen molar-refractivity contribution in [2.24, 2.45) is 0 Å². The molecule has 2 N–H and O–H groups in total. The summed E-state index contributed by atoms with van der Waals surface area (Å²) in [5.41, 5.74) is 5.64. The molecule has 0 amide bonds. The number of pyridine rings is 1. The summed E-state index contributed by atoms with van der Waals surface area (Å²) in [5, 5.41) is 0. The van der Waals surface area contributed by atoms with Crippen molar-refractivity contribution in [2.45, 2.75) is 13.1 Å². The van der Waals surface area contributed by atoms with Crippen LogP contribution in [0.3, 0.4) is 0 Å². The lowest BCUT2D eigenvalue weighted by Gasteiger charge is -2.09. The van der Waals surface area contributed by atoms with Crippen LogP contribution in [0.4, 0.5) is 19.1 Å². The highest BCUT2D eigenvalue weighted by Crippen LogP contribution is 2.31. The van der Waals surface area contributed by atoms with Gasteiger partial charge in [0.05, 0.1) is 5.69 Å². The quantitative estimate of drug-likeness (QED) is 0.848. The molecule has 0 aliphatic heterocycles. The number of nitrogens with zero attached hydrogens (tertiary/aromatic N) is 3. The first-order valence-corrected chi connectivity index (χ1v) is 5.00. The lowest BCUT2D eigenvalue weighted by atomic mass is 10.1. The Bertz CT molecular complexity index is 581. The molecule has 0 saturated carbocycles. The van der Waals surface area contributed by atoms with Crippen LogP contribution in [0.5, 0.6) is 0 Å². The maximum atomic E-state index is 12.6. The number of hydrogen-bond acceptors (Lipinski definition) is 4. The average Bonchev–Trinajstić information content (AvgIpc) is 2.27. The van der Waals surface area contributed by atoms with Crippen LogP contribution in [0.25, 0.3) is 11.3 Å². The summed E-state index contributed by atoms with van der Waals surface area (Å²) in [6.45, 7) is 1.73. The highest BCUT2D eigenvalue weighted by molar-refractivity contribution is 5.63. The first kappa shape index (κ1) is 12.3. The van der Waals surface area contributed by atoms with Crippen molar-refractivity contribution in [3.05, 3.63) is 35.8 Å². The minimum absolute atomic E-state index is 0.134. The van der Waals surface area contributed by atoms with Gasteiger partial charge in [-0.3, -0.25) is 4.98 Å². The molecule has 0 fully saturated rings. The van der Waals surface area contributed by atoms with Crippen LogP contribution in [0.1, 0.15) is 11.3 Å². The highest BCUT2D eigenvalue weighted by atomic mass is 19.4. The van der Waals surface area contributed by atoms with Gasteiger partial charge in [-0.15, -0.1) is 0 Å². The monoisotopic (exact) mass is 254 g/mol. The number of nitrogens with two attached hydrogens (primary N) is 1. The van der Waals surface area contributed by atoms with Gasteiger partial charge in [-0.1, -0.05) is 0 Å². The van der Waals surface area contributed by atoms with Crippen LogP contribution < -0.4 is 5.73 Å². The molecule has 2 aromatic heterocycles. The van der Waals surface area contributed by atoms with E-state index < -0.39 is 17.8 Å². The zero-order valence-corrected chi connectivity index (χ0v) is 9.36. The zero-order valence-electron chi connectivity index (χ0n) is 9.36. The van der Waals surface area contributed by atoms with Crippen molar-refractivity contribution >= 4 is 5.95 Å². The van der Waals surface area contributed by atoms with Gasteiger partial charge in [-0.2, -0.15) is 13.2 Å². The van der Waals surface area contributed by atoms with Crippen molar-refractivity contribution in [3.8, 4) is 11.3 Å². The van der Waals surface area contributed by atoms with E-state index >= 15 is 0 Å². The molecule has 0 aliphatic carbocycles. The van der Waals surface area contributed by atoms with E-state index in [0.29, 0.717) is 11.1 Å². The molecule has 0 aliphatic rings. The van der Waals surface area contributed by atoms with Crippen LogP contribution in [0.2, 0.25) is 0 Å². The Labute approximate surface area is 101 Å². The Kier molecular flexibility index (Phi) is 2.90. The number of nitrogen functional groups attached to an aromatic ring is 1. The van der Waals surface area contributed by atoms with Gasteiger partial charge >= 0.3 is 6.18 Å². The molecule has 18 heavy (non-hydrogen) atoms. The summed E-state index contributed by atoms with van der Waals surface area (Å²) >= 11 is 0. The third kappa shape index (κ3) is 2.39. The fraction of sp³-hybridized carbons (Fsp3) is 0.182. The van der Waals surface area contributed by atoms with Crippen molar-refractivity contribution < 1.29 is 13.2 Å². The van der Waals surface area contributed by atoms with Gasteiger partial charge in [0.15, 0.2) is 5.69 Å². The molecule has 0 saturated heterocycles.